The molecular formula is C36H43F4N5O6. The zero-order valence-electron chi connectivity index (χ0n) is 29.0. The number of halogens is 4. The predicted octanol–water partition coefficient (Wildman–Crippen LogP) is 5.13. The third kappa shape index (κ3) is 10.8. The first kappa shape index (κ1) is 38.8. The minimum Gasteiger partial charge on any atom is -0.495 e. The minimum atomic E-state index is -4.51. The molecule has 51 heavy (non-hydrogen) atoms. The third-order valence-electron chi connectivity index (χ3n) is 8.23. The van der Waals surface area contributed by atoms with E-state index >= 15 is 0 Å². The number of likely N-dealkylation sites (tertiary alicyclic amines) is 1. The molecule has 3 aromatic rings. The molecule has 0 aliphatic carbocycles. The van der Waals surface area contributed by atoms with Crippen LogP contribution >= 0.6 is 0 Å². The number of fused-ring (bicyclic) bond motifs is 1. The van der Waals surface area contributed by atoms with Crippen molar-refractivity contribution >= 4 is 40.1 Å². The molecule has 0 bridgehead atoms. The van der Waals surface area contributed by atoms with Crippen molar-refractivity contribution in [3.63, 3.8) is 0 Å². The van der Waals surface area contributed by atoms with Gasteiger partial charge < -0.3 is 39.6 Å². The number of amides is 1. The Labute approximate surface area is 294 Å². The topological polar surface area (TPSA) is 123 Å². The lowest BCUT2D eigenvalue weighted by molar-refractivity contribution is -0.147. The summed E-state index contributed by atoms with van der Waals surface area (Å²) >= 11 is 0. The monoisotopic (exact) mass is 717 g/mol. The van der Waals surface area contributed by atoms with Crippen LogP contribution in [0.25, 0.3) is 10.9 Å². The molecule has 0 unspecified atom stereocenters. The molecule has 1 amide bonds. The third-order valence-corrected chi connectivity index (χ3v) is 8.23. The number of piperidine rings is 1. The van der Waals surface area contributed by atoms with Gasteiger partial charge in [-0.25, -0.2) is 9.18 Å². The number of benzene rings is 2. The lowest BCUT2D eigenvalue weighted by Gasteiger charge is -2.33. The SMILES string of the molecule is CCOC(=O)CC[C@H](NC(=O)c1ccc(NCC#Cc2cc3c(N[C@@H]4CCN(C)C[C@@H]4F)cccc3n2CC(F)(F)F)c(OC)c1)C(=O)OCC. The van der Waals surface area contributed by atoms with Gasteiger partial charge in [-0.2, -0.15) is 13.2 Å². The number of aromatic nitrogens is 1. The number of ether oxygens (including phenoxy) is 3. The van der Waals surface area contributed by atoms with E-state index in [2.05, 4.69) is 27.8 Å². The Morgan fingerprint density at radius 3 is 2.51 bits per heavy atom. The smallest absolute Gasteiger partial charge is 0.406 e. The van der Waals surface area contributed by atoms with E-state index in [-0.39, 0.29) is 56.2 Å². The highest BCUT2D eigenvalue weighted by Gasteiger charge is 2.31. The highest BCUT2D eigenvalue weighted by atomic mass is 19.4. The lowest BCUT2D eigenvalue weighted by Crippen LogP contribution is -2.46. The average Bonchev–Trinajstić information content (AvgIpc) is 3.42. The molecule has 1 aliphatic rings. The lowest BCUT2D eigenvalue weighted by atomic mass is 10.0. The van der Waals surface area contributed by atoms with Crippen LogP contribution in [0.4, 0.5) is 28.9 Å². The number of alkyl halides is 4. The quantitative estimate of drug-likeness (QED) is 0.118. The summed E-state index contributed by atoms with van der Waals surface area (Å²) in [5.41, 5.74) is 1.60. The molecule has 4 rings (SSSR count). The molecule has 3 N–H and O–H groups in total. The van der Waals surface area contributed by atoms with E-state index in [0.29, 0.717) is 35.2 Å². The Morgan fingerprint density at radius 2 is 1.82 bits per heavy atom. The average molecular weight is 718 g/mol. The van der Waals surface area contributed by atoms with E-state index in [1.807, 2.05) is 11.9 Å². The number of hydrogen-bond acceptors (Lipinski definition) is 9. The van der Waals surface area contributed by atoms with Crippen molar-refractivity contribution in [2.45, 2.75) is 64.1 Å². The highest BCUT2D eigenvalue weighted by Crippen LogP contribution is 2.32. The number of rotatable bonds is 14. The fourth-order valence-electron chi connectivity index (χ4n) is 5.76. The van der Waals surface area contributed by atoms with Gasteiger partial charge in [0.05, 0.1) is 49.8 Å². The molecule has 2 heterocycles. The molecular weight excluding hydrogens is 674 g/mol. The van der Waals surface area contributed by atoms with Crippen LogP contribution in [-0.4, -0.2) is 98.7 Å². The standard InChI is InChI=1S/C36H43F4N5O6/c1-5-50-33(46)15-14-30(35(48)51-6-2)43-34(47)23-12-13-29(32(19-23)49-4)41-17-8-9-24-20-25-27(42-28-16-18-44(3)21-26(28)37)10-7-11-31(25)45(24)22-36(38,39)40/h7,10-13,19-20,26,28,30,41-42H,5-6,14-18,21-22H2,1-4H3,(H,43,47)/t26-,28+,30-/m0/s1. The van der Waals surface area contributed by atoms with Crippen molar-refractivity contribution in [3.8, 4) is 17.6 Å². The van der Waals surface area contributed by atoms with Crippen molar-refractivity contribution in [3.05, 3.63) is 53.7 Å². The van der Waals surface area contributed by atoms with E-state index in [4.69, 9.17) is 14.2 Å². The van der Waals surface area contributed by atoms with Crippen LogP contribution in [0, 0.1) is 11.8 Å². The second kappa shape index (κ2) is 17.8. The van der Waals surface area contributed by atoms with Gasteiger partial charge in [0.1, 0.15) is 24.5 Å². The minimum absolute atomic E-state index is 0.0124. The summed E-state index contributed by atoms with van der Waals surface area (Å²) in [6.07, 6.45) is -5.21. The Hall–Kier alpha value is -4.97. The van der Waals surface area contributed by atoms with Gasteiger partial charge >= 0.3 is 18.1 Å². The number of anilines is 2. The Balaban J connectivity index is 1.49. The number of carbonyl (C=O) groups excluding carboxylic acids is 3. The van der Waals surface area contributed by atoms with E-state index in [1.54, 1.807) is 44.2 Å². The molecule has 2 aromatic carbocycles. The molecule has 1 aliphatic heterocycles. The zero-order chi connectivity index (χ0) is 37.1. The van der Waals surface area contributed by atoms with Gasteiger partial charge in [-0.15, -0.1) is 0 Å². The summed E-state index contributed by atoms with van der Waals surface area (Å²) in [7, 11) is 3.24. The summed E-state index contributed by atoms with van der Waals surface area (Å²) in [5, 5.41) is 9.36. The van der Waals surface area contributed by atoms with Crippen molar-refractivity contribution in [2.24, 2.45) is 0 Å². The first-order valence-corrected chi connectivity index (χ1v) is 16.7. The fraction of sp³-hybridized carbons (Fsp3) is 0.472. The van der Waals surface area contributed by atoms with Gasteiger partial charge in [0.15, 0.2) is 0 Å². The van der Waals surface area contributed by atoms with E-state index in [1.165, 1.54) is 19.2 Å². The van der Waals surface area contributed by atoms with Gasteiger partial charge in [0.25, 0.3) is 5.91 Å². The van der Waals surface area contributed by atoms with Crippen LogP contribution in [0.5, 0.6) is 5.75 Å². The fourth-order valence-corrected chi connectivity index (χ4v) is 5.76. The van der Waals surface area contributed by atoms with Crippen LogP contribution in [-0.2, 0) is 25.6 Å². The van der Waals surface area contributed by atoms with Crippen molar-refractivity contribution in [1.82, 2.24) is 14.8 Å². The van der Waals surface area contributed by atoms with Gasteiger partial charge in [-0.3, -0.25) is 9.59 Å². The van der Waals surface area contributed by atoms with E-state index < -0.39 is 48.8 Å². The molecule has 3 atom stereocenters. The molecule has 0 spiro atoms. The maximum atomic E-state index is 14.8. The Kier molecular flexibility index (Phi) is 13.6. The molecule has 276 valence electrons. The van der Waals surface area contributed by atoms with Gasteiger partial charge in [0, 0.05) is 36.1 Å². The Morgan fingerprint density at radius 1 is 1.06 bits per heavy atom. The van der Waals surface area contributed by atoms with Crippen molar-refractivity contribution in [1.29, 1.82) is 0 Å². The first-order chi connectivity index (χ1) is 24.3. The Bertz CT molecular complexity index is 1750. The van der Waals surface area contributed by atoms with Crippen LogP contribution in [0.15, 0.2) is 42.5 Å². The summed E-state index contributed by atoms with van der Waals surface area (Å²) < 4.78 is 72.3. The number of carbonyl (C=O) groups is 3. The van der Waals surface area contributed by atoms with Crippen LogP contribution in [0.2, 0.25) is 0 Å². The van der Waals surface area contributed by atoms with Crippen LogP contribution in [0.3, 0.4) is 0 Å². The number of nitrogens with one attached hydrogen (secondary N) is 3. The molecule has 1 aromatic heterocycles. The maximum absolute atomic E-state index is 14.8. The van der Waals surface area contributed by atoms with Crippen LogP contribution < -0.4 is 20.7 Å². The molecule has 0 saturated carbocycles. The summed E-state index contributed by atoms with van der Waals surface area (Å²) in [4.78, 5) is 39.2. The first-order valence-electron chi connectivity index (χ1n) is 16.7. The number of methoxy groups -OCH3 is 1. The maximum Gasteiger partial charge on any atom is 0.406 e. The van der Waals surface area contributed by atoms with E-state index in [9.17, 15) is 31.9 Å². The van der Waals surface area contributed by atoms with Gasteiger partial charge in [0.2, 0.25) is 0 Å². The van der Waals surface area contributed by atoms with E-state index in [0.717, 1.165) is 4.57 Å². The highest BCUT2D eigenvalue weighted by molar-refractivity contribution is 5.98. The molecule has 11 nitrogen and oxygen atoms in total. The van der Waals surface area contributed by atoms with Gasteiger partial charge in [-0.1, -0.05) is 12.0 Å². The second-order valence-corrected chi connectivity index (χ2v) is 12.0. The largest absolute Gasteiger partial charge is 0.495 e. The van der Waals surface area contributed by atoms with Gasteiger partial charge in [-0.05, 0) is 76.1 Å². The summed E-state index contributed by atoms with van der Waals surface area (Å²) in [6.45, 7) is 3.28. The zero-order valence-corrected chi connectivity index (χ0v) is 29.0. The summed E-state index contributed by atoms with van der Waals surface area (Å²) in [5.74, 6) is 4.17. The molecule has 1 fully saturated rings. The molecule has 15 heteroatoms. The number of esters is 2. The molecule has 0 radical (unpaired) electrons. The normalized spacial score (nSPS) is 16.8. The summed E-state index contributed by atoms with van der Waals surface area (Å²) in [6, 6.07) is 9.44. The number of nitrogens with zero attached hydrogens (tertiary/aromatic N) is 2. The van der Waals surface area contributed by atoms with Crippen molar-refractivity contribution in [2.75, 3.05) is 57.6 Å². The number of hydrogen-bond donors (Lipinski definition) is 3. The van der Waals surface area contributed by atoms with Crippen molar-refractivity contribution < 1.29 is 46.2 Å². The predicted molar refractivity (Wildman–Crippen MR) is 185 cm³/mol. The van der Waals surface area contributed by atoms with Crippen LogP contribution in [0.1, 0.15) is 49.2 Å². The molecule has 1 saturated heterocycles. The second-order valence-electron chi connectivity index (χ2n) is 12.0.